The topological polar surface area (TPSA) is 85.3 Å². The van der Waals surface area contributed by atoms with Crippen LogP contribution in [0.25, 0.3) is 0 Å². The first-order valence-electron chi connectivity index (χ1n) is 16.2. The third-order valence-corrected chi connectivity index (χ3v) is 14.7. The highest BCUT2D eigenvalue weighted by molar-refractivity contribution is 5.73. The van der Waals surface area contributed by atoms with Crippen LogP contribution in [-0.2, 0) is 23.8 Å². The van der Waals surface area contributed by atoms with Gasteiger partial charge in [-0.3, -0.25) is 4.79 Å². The Kier molecular flexibility index (Phi) is 6.09. The molecule has 2 saturated heterocycles. The van der Waals surface area contributed by atoms with E-state index in [0.717, 1.165) is 32.0 Å². The minimum absolute atomic E-state index is 0.0212. The third-order valence-electron chi connectivity index (χ3n) is 14.7. The fourth-order valence-corrected chi connectivity index (χ4v) is 12.8. The van der Waals surface area contributed by atoms with Crippen LogP contribution in [-0.4, -0.2) is 72.6 Å². The molecule has 1 N–H and O–H groups in total. The van der Waals surface area contributed by atoms with Gasteiger partial charge in [-0.05, 0) is 96.7 Å². The Balaban J connectivity index is 1.15. The Morgan fingerprint density at radius 2 is 1.77 bits per heavy atom. The number of fused-ring (bicyclic) bond motifs is 4. The van der Waals surface area contributed by atoms with Crippen LogP contribution in [0.3, 0.4) is 0 Å². The molecule has 0 radical (unpaired) electrons. The second kappa shape index (κ2) is 8.76. The van der Waals surface area contributed by atoms with Crippen molar-refractivity contribution in [1.29, 1.82) is 0 Å². The van der Waals surface area contributed by atoms with Crippen molar-refractivity contribution >= 4 is 12.2 Å². The largest absolute Gasteiger partial charge is 0.390 e. The highest BCUT2D eigenvalue weighted by atomic mass is 16.7. The standard InChI is InChI=1S/C33H51NO6/c1-19-15-21(17-35)39-27-26(19)30(5)11-12-33-18-32(33)10-9-24(40-25-16-34(20(2)36)13-14-38-25)29(3,4)22(32)7-8-23(33)31(30,6)28(27)37/h17,19,21-28,37H,7-16,18H2,1-6H3/t19-,21?,22+,23?,24?,25?,26?,27?,28+,30?,31-,32?,33?/m1/s1. The van der Waals surface area contributed by atoms with E-state index in [4.69, 9.17) is 14.2 Å². The maximum absolute atomic E-state index is 12.1. The molecule has 7 fully saturated rings. The fraction of sp³-hybridized carbons (Fsp3) is 0.939. The van der Waals surface area contributed by atoms with Gasteiger partial charge in [-0.1, -0.05) is 34.6 Å². The molecule has 1 amide bonds. The summed E-state index contributed by atoms with van der Waals surface area (Å²) in [5.74, 6) is 1.84. The molecule has 5 saturated carbocycles. The van der Waals surface area contributed by atoms with Crippen LogP contribution in [0.2, 0.25) is 0 Å². The number of carbonyl (C=O) groups excluding carboxylic acids is 2. The first-order valence-corrected chi connectivity index (χ1v) is 16.2. The van der Waals surface area contributed by atoms with Crippen molar-refractivity contribution in [3.05, 3.63) is 0 Å². The summed E-state index contributed by atoms with van der Waals surface area (Å²) < 4.78 is 19.0. The van der Waals surface area contributed by atoms with E-state index >= 15 is 0 Å². The summed E-state index contributed by atoms with van der Waals surface area (Å²) in [6.07, 6.45) is 8.56. The molecule has 2 heterocycles. The summed E-state index contributed by atoms with van der Waals surface area (Å²) in [5.41, 5.74) is 0.459. The molecule has 2 spiro atoms. The molecular weight excluding hydrogens is 506 g/mol. The lowest BCUT2D eigenvalue weighted by molar-refractivity contribution is -0.247. The number of morpholine rings is 1. The molecule has 7 rings (SSSR count). The SMILES string of the molecule is CC(=O)N1CCOC(OC2CCC34CC35CCC3(C)C6C(OC(C=O)C[C@H]6C)[C@H](O)[C@@]3(C)C5CC[C@H]4C2(C)C)C1. The van der Waals surface area contributed by atoms with Crippen molar-refractivity contribution < 1.29 is 28.9 Å². The lowest BCUT2D eigenvalue weighted by atomic mass is 9.41. The Bertz CT molecular complexity index is 1080. The number of hydrogen-bond acceptors (Lipinski definition) is 6. The molecule has 7 nitrogen and oxygen atoms in total. The maximum atomic E-state index is 12.1. The van der Waals surface area contributed by atoms with Crippen LogP contribution >= 0.6 is 0 Å². The van der Waals surface area contributed by atoms with Gasteiger partial charge in [-0.25, -0.2) is 0 Å². The van der Waals surface area contributed by atoms with Gasteiger partial charge in [0.15, 0.2) is 6.29 Å². The zero-order valence-electron chi connectivity index (χ0n) is 25.5. The van der Waals surface area contributed by atoms with E-state index in [2.05, 4.69) is 34.6 Å². The van der Waals surface area contributed by atoms with Gasteiger partial charge >= 0.3 is 0 Å². The predicted octanol–water partition coefficient (Wildman–Crippen LogP) is 4.59. The third kappa shape index (κ3) is 3.27. The highest BCUT2D eigenvalue weighted by Crippen LogP contribution is 2.89. The second-order valence-electron chi connectivity index (χ2n) is 16.1. The molecule has 7 aliphatic rings. The van der Waals surface area contributed by atoms with Gasteiger partial charge in [0.1, 0.15) is 12.4 Å². The van der Waals surface area contributed by atoms with E-state index in [0.29, 0.717) is 54.2 Å². The Labute approximate surface area is 240 Å². The van der Waals surface area contributed by atoms with Crippen molar-refractivity contribution in [1.82, 2.24) is 4.90 Å². The van der Waals surface area contributed by atoms with Crippen LogP contribution < -0.4 is 0 Å². The van der Waals surface area contributed by atoms with Crippen molar-refractivity contribution in [2.75, 3.05) is 19.7 Å². The zero-order chi connectivity index (χ0) is 28.5. The minimum Gasteiger partial charge on any atom is -0.390 e. The number of amides is 1. The highest BCUT2D eigenvalue weighted by Gasteiger charge is 2.84. The summed E-state index contributed by atoms with van der Waals surface area (Å²) in [6.45, 7) is 15.3. The van der Waals surface area contributed by atoms with E-state index in [1.807, 2.05) is 4.90 Å². The van der Waals surface area contributed by atoms with Gasteiger partial charge < -0.3 is 29.0 Å². The van der Waals surface area contributed by atoms with Gasteiger partial charge in [0, 0.05) is 18.9 Å². The van der Waals surface area contributed by atoms with Gasteiger partial charge in [0.2, 0.25) is 5.91 Å². The van der Waals surface area contributed by atoms with E-state index in [1.165, 1.54) is 25.7 Å². The molecule has 2 aliphatic heterocycles. The molecule has 0 aromatic rings. The maximum Gasteiger partial charge on any atom is 0.219 e. The molecule has 5 aliphatic carbocycles. The summed E-state index contributed by atoms with van der Waals surface area (Å²) >= 11 is 0. The predicted molar refractivity (Wildman–Crippen MR) is 149 cm³/mol. The average molecular weight is 558 g/mol. The van der Waals surface area contributed by atoms with Gasteiger partial charge in [-0.2, -0.15) is 0 Å². The van der Waals surface area contributed by atoms with Crippen LogP contribution in [0.4, 0.5) is 0 Å². The Hall–Kier alpha value is -1.02. The normalized spacial score (nSPS) is 56.2. The summed E-state index contributed by atoms with van der Waals surface area (Å²) in [7, 11) is 0. The Morgan fingerprint density at radius 1 is 1.05 bits per heavy atom. The molecule has 0 bridgehead atoms. The molecule has 0 aromatic heterocycles. The lowest BCUT2D eigenvalue weighted by Gasteiger charge is -2.63. The summed E-state index contributed by atoms with van der Waals surface area (Å²) in [4.78, 5) is 25.6. The number of ether oxygens (including phenoxy) is 3. The van der Waals surface area contributed by atoms with Gasteiger partial charge in [0.25, 0.3) is 0 Å². The van der Waals surface area contributed by atoms with Crippen LogP contribution in [0.15, 0.2) is 0 Å². The summed E-state index contributed by atoms with van der Waals surface area (Å²) in [6, 6.07) is 0. The number of carbonyl (C=O) groups is 2. The Morgan fingerprint density at radius 3 is 2.50 bits per heavy atom. The van der Waals surface area contributed by atoms with Gasteiger partial charge in [0.05, 0.1) is 31.5 Å². The van der Waals surface area contributed by atoms with Gasteiger partial charge in [-0.15, -0.1) is 0 Å². The van der Waals surface area contributed by atoms with Crippen LogP contribution in [0, 0.1) is 50.7 Å². The molecule has 40 heavy (non-hydrogen) atoms. The first kappa shape index (κ1) is 27.8. The molecular formula is C33H51NO6. The number of nitrogens with zero attached hydrogens (tertiary/aromatic N) is 1. The van der Waals surface area contributed by atoms with Crippen molar-refractivity contribution in [2.24, 2.45) is 50.7 Å². The summed E-state index contributed by atoms with van der Waals surface area (Å²) in [5, 5.41) is 12.1. The van der Waals surface area contributed by atoms with Crippen molar-refractivity contribution in [2.45, 2.75) is 124 Å². The smallest absolute Gasteiger partial charge is 0.219 e. The number of aliphatic hydroxyl groups is 1. The van der Waals surface area contributed by atoms with Crippen LogP contribution in [0.1, 0.15) is 92.9 Å². The number of rotatable bonds is 3. The number of hydrogen-bond donors (Lipinski definition) is 1. The second-order valence-corrected chi connectivity index (χ2v) is 16.1. The minimum atomic E-state index is -0.524. The van der Waals surface area contributed by atoms with E-state index < -0.39 is 6.10 Å². The molecule has 7 heteroatoms. The first-order chi connectivity index (χ1) is 18.9. The van der Waals surface area contributed by atoms with E-state index in [-0.39, 0.29) is 46.8 Å². The fourth-order valence-electron chi connectivity index (χ4n) is 12.8. The number of aldehydes is 1. The molecule has 0 aromatic carbocycles. The van der Waals surface area contributed by atoms with Crippen molar-refractivity contribution in [3.63, 3.8) is 0 Å². The molecule has 13 atom stereocenters. The average Bonchev–Trinajstić information content (AvgIpc) is 3.55. The molecule has 9 unspecified atom stereocenters. The van der Waals surface area contributed by atoms with Crippen molar-refractivity contribution in [3.8, 4) is 0 Å². The van der Waals surface area contributed by atoms with E-state index in [9.17, 15) is 14.7 Å². The zero-order valence-corrected chi connectivity index (χ0v) is 25.5. The van der Waals surface area contributed by atoms with E-state index in [1.54, 1.807) is 6.92 Å². The lowest BCUT2D eigenvalue weighted by Crippen LogP contribution is -2.60. The number of aliphatic hydroxyl groups excluding tert-OH is 1. The van der Waals surface area contributed by atoms with Crippen LogP contribution in [0.5, 0.6) is 0 Å². The molecule has 224 valence electrons. The quantitative estimate of drug-likeness (QED) is 0.511. The monoisotopic (exact) mass is 557 g/mol.